The number of hydrogen-bond acceptors (Lipinski definition) is 7. The summed E-state index contributed by atoms with van der Waals surface area (Å²) in [6, 6.07) is 11.6. The molecule has 0 aliphatic heterocycles. The van der Waals surface area contributed by atoms with Crippen molar-refractivity contribution in [3.05, 3.63) is 53.6 Å². The fraction of sp³-hybridized carbons (Fsp3) is 0.300. The van der Waals surface area contributed by atoms with E-state index in [1.54, 1.807) is 36.4 Å². The lowest BCUT2D eigenvalue weighted by atomic mass is 10.1. The average Bonchev–Trinajstić information content (AvgIpc) is 2.64. The molecule has 2 aromatic rings. The van der Waals surface area contributed by atoms with Crippen LogP contribution in [0.15, 0.2) is 42.5 Å². The van der Waals surface area contributed by atoms with Crippen LogP contribution >= 0.6 is 0 Å². The van der Waals surface area contributed by atoms with E-state index < -0.39 is 10.1 Å². The van der Waals surface area contributed by atoms with E-state index in [4.69, 9.17) is 24.8 Å². The summed E-state index contributed by atoms with van der Waals surface area (Å²) in [5.41, 5.74) is 6.27. The Hall–Kier alpha value is -3.07. The van der Waals surface area contributed by atoms with E-state index in [-0.39, 0.29) is 28.7 Å². The van der Waals surface area contributed by atoms with Crippen LogP contribution in [0.2, 0.25) is 0 Å². The van der Waals surface area contributed by atoms with Gasteiger partial charge in [-0.25, -0.2) is 0 Å². The van der Waals surface area contributed by atoms with Gasteiger partial charge in [-0.05, 0) is 56.2 Å². The monoisotopic (exact) mass is 420 g/mol. The number of benzene rings is 2. The van der Waals surface area contributed by atoms with Crippen LogP contribution in [0.25, 0.3) is 0 Å². The molecule has 0 atom stereocenters. The number of nitrogen functional groups attached to an aromatic ring is 1. The van der Waals surface area contributed by atoms with Crippen LogP contribution in [0.5, 0.6) is 17.2 Å². The van der Waals surface area contributed by atoms with E-state index in [1.807, 2.05) is 0 Å². The number of hydrogen-bond donors (Lipinski definition) is 2. The number of para-hydroxylation sites is 1. The van der Waals surface area contributed by atoms with Crippen molar-refractivity contribution in [3.63, 3.8) is 0 Å². The molecule has 0 saturated carbocycles. The van der Waals surface area contributed by atoms with Gasteiger partial charge >= 0.3 is 10.1 Å². The van der Waals surface area contributed by atoms with Gasteiger partial charge in [-0.3, -0.25) is 10.2 Å². The van der Waals surface area contributed by atoms with Gasteiger partial charge in [0.15, 0.2) is 17.3 Å². The fourth-order valence-corrected chi connectivity index (χ4v) is 2.92. The molecular weight excluding hydrogens is 396 g/mol. The number of carbonyl (C=O) groups is 1. The van der Waals surface area contributed by atoms with Gasteiger partial charge in [-0.1, -0.05) is 6.07 Å². The van der Waals surface area contributed by atoms with Crippen LogP contribution < -0.4 is 19.4 Å². The molecule has 2 aromatic carbocycles. The van der Waals surface area contributed by atoms with Gasteiger partial charge in [0.25, 0.3) is 0 Å². The van der Waals surface area contributed by atoms with Crippen LogP contribution in [-0.2, 0) is 10.1 Å². The summed E-state index contributed by atoms with van der Waals surface area (Å²) >= 11 is 0. The predicted molar refractivity (Wildman–Crippen MR) is 110 cm³/mol. The Bertz CT molecular complexity index is 971. The quantitative estimate of drug-likeness (QED) is 0.188. The molecule has 0 spiro atoms. The molecule has 0 radical (unpaired) electrons. The molecule has 0 bridgehead atoms. The minimum absolute atomic E-state index is 0.00163. The Labute approximate surface area is 170 Å². The molecule has 0 unspecified atom stereocenters. The summed E-state index contributed by atoms with van der Waals surface area (Å²) in [7, 11) is -3.81. The third-order valence-corrected chi connectivity index (χ3v) is 4.30. The lowest BCUT2D eigenvalue weighted by molar-refractivity contribution is 0.101. The maximum absolute atomic E-state index is 11.5. The van der Waals surface area contributed by atoms with E-state index in [9.17, 15) is 13.2 Å². The normalized spacial score (nSPS) is 11.0. The fourth-order valence-electron chi connectivity index (χ4n) is 2.44. The van der Waals surface area contributed by atoms with Gasteiger partial charge in [-0.2, -0.15) is 8.42 Å². The highest BCUT2D eigenvalue weighted by molar-refractivity contribution is 7.86. The highest BCUT2D eigenvalue weighted by atomic mass is 32.2. The second-order valence-electron chi connectivity index (χ2n) is 6.32. The average molecular weight is 420 g/mol. The zero-order chi connectivity index (χ0) is 21.4. The molecule has 8 nitrogen and oxygen atoms in total. The molecule has 0 fully saturated rings. The zero-order valence-electron chi connectivity index (χ0n) is 16.3. The van der Waals surface area contributed by atoms with Crippen molar-refractivity contribution in [2.24, 2.45) is 5.73 Å². The standard InChI is InChI=1S/C20H24N2O6S/c1-14(23)15-8-10-16(11-9-15)26-12-3-4-13-27-18-7-5-6-17(20(21)22)19(18)28-29(2,24)25/h5-11H,3-4,12-13H2,1-2H3,(H3,21,22). The zero-order valence-corrected chi connectivity index (χ0v) is 17.1. The van der Waals surface area contributed by atoms with Crippen molar-refractivity contribution in [1.29, 1.82) is 5.41 Å². The van der Waals surface area contributed by atoms with Crippen molar-refractivity contribution in [2.45, 2.75) is 19.8 Å². The van der Waals surface area contributed by atoms with E-state index in [2.05, 4.69) is 0 Å². The number of carbonyl (C=O) groups excluding carboxylic acids is 1. The third kappa shape index (κ3) is 7.11. The van der Waals surface area contributed by atoms with Crippen molar-refractivity contribution in [3.8, 4) is 17.2 Å². The Balaban J connectivity index is 1.86. The minimum Gasteiger partial charge on any atom is -0.494 e. The van der Waals surface area contributed by atoms with Crippen LogP contribution in [-0.4, -0.2) is 39.5 Å². The van der Waals surface area contributed by atoms with Gasteiger partial charge in [0, 0.05) is 5.56 Å². The predicted octanol–water partition coefficient (Wildman–Crippen LogP) is 2.75. The van der Waals surface area contributed by atoms with E-state index >= 15 is 0 Å². The first-order valence-corrected chi connectivity index (χ1v) is 10.7. The Morgan fingerprint density at radius 1 is 1.03 bits per heavy atom. The highest BCUT2D eigenvalue weighted by Gasteiger charge is 2.18. The molecule has 0 saturated heterocycles. The maximum Gasteiger partial charge on any atom is 0.306 e. The van der Waals surface area contributed by atoms with Gasteiger partial charge < -0.3 is 19.4 Å². The van der Waals surface area contributed by atoms with Crippen LogP contribution in [0, 0.1) is 5.41 Å². The van der Waals surface area contributed by atoms with Crippen molar-refractivity contribution in [1.82, 2.24) is 0 Å². The number of Topliss-reactive ketones (excluding diaryl/α,β-unsaturated/α-hetero) is 1. The largest absolute Gasteiger partial charge is 0.494 e. The molecular formula is C20H24N2O6S. The van der Waals surface area contributed by atoms with Crippen LogP contribution in [0.4, 0.5) is 0 Å². The second-order valence-corrected chi connectivity index (χ2v) is 7.89. The first-order chi connectivity index (χ1) is 13.7. The van der Waals surface area contributed by atoms with Crippen molar-refractivity contribution < 1.29 is 26.9 Å². The van der Waals surface area contributed by atoms with Gasteiger partial charge in [0.2, 0.25) is 0 Å². The number of ether oxygens (including phenoxy) is 2. The molecule has 0 aliphatic carbocycles. The lowest BCUT2D eigenvalue weighted by Gasteiger charge is -2.14. The number of amidine groups is 1. The summed E-state index contributed by atoms with van der Waals surface area (Å²) < 4.78 is 39.2. The van der Waals surface area contributed by atoms with Crippen molar-refractivity contribution in [2.75, 3.05) is 19.5 Å². The summed E-state index contributed by atoms with van der Waals surface area (Å²) in [5.74, 6) is 0.460. The van der Waals surface area contributed by atoms with E-state index in [0.29, 0.717) is 37.4 Å². The second kappa shape index (κ2) is 9.92. The Morgan fingerprint density at radius 2 is 1.66 bits per heavy atom. The highest BCUT2D eigenvalue weighted by Crippen LogP contribution is 2.32. The van der Waals surface area contributed by atoms with E-state index in [1.165, 1.54) is 13.0 Å². The van der Waals surface area contributed by atoms with Gasteiger partial charge in [0.1, 0.15) is 11.6 Å². The summed E-state index contributed by atoms with van der Waals surface area (Å²) in [6.07, 6.45) is 2.26. The Morgan fingerprint density at radius 3 is 2.21 bits per heavy atom. The molecule has 0 aromatic heterocycles. The number of rotatable bonds is 11. The van der Waals surface area contributed by atoms with Gasteiger partial charge in [-0.15, -0.1) is 0 Å². The molecule has 156 valence electrons. The topological polar surface area (TPSA) is 129 Å². The molecule has 3 N–H and O–H groups in total. The van der Waals surface area contributed by atoms with Crippen molar-refractivity contribution >= 4 is 21.7 Å². The number of nitrogens with two attached hydrogens (primary N) is 1. The van der Waals surface area contributed by atoms with Crippen LogP contribution in [0.1, 0.15) is 35.7 Å². The molecule has 0 aliphatic rings. The molecule has 29 heavy (non-hydrogen) atoms. The lowest BCUT2D eigenvalue weighted by Crippen LogP contribution is -2.16. The molecule has 9 heteroatoms. The number of unbranched alkanes of at least 4 members (excludes halogenated alkanes) is 1. The van der Waals surface area contributed by atoms with E-state index in [0.717, 1.165) is 6.26 Å². The summed E-state index contributed by atoms with van der Waals surface area (Å²) in [5, 5.41) is 7.58. The first-order valence-electron chi connectivity index (χ1n) is 8.91. The molecule has 2 rings (SSSR count). The first kappa shape index (κ1) is 22.2. The molecule has 0 amide bonds. The minimum atomic E-state index is -3.81. The van der Waals surface area contributed by atoms with Crippen LogP contribution in [0.3, 0.4) is 0 Å². The summed E-state index contributed by atoms with van der Waals surface area (Å²) in [6.45, 7) is 2.27. The third-order valence-electron chi connectivity index (χ3n) is 3.83. The number of nitrogens with one attached hydrogen (secondary N) is 1. The number of ketones is 1. The summed E-state index contributed by atoms with van der Waals surface area (Å²) in [4.78, 5) is 11.2. The molecule has 0 heterocycles. The van der Waals surface area contributed by atoms with Gasteiger partial charge in [0.05, 0.1) is 25.0 Å². The Kier molecular flexibility index (Phi) is 7.60. The smallest absolute Gasteiger partial charge is 0.306 e. The SMILES string of the molecule is CC(=O)c1ccc(OCCCCOc2cccc(C(=N)N)c2OS(C)(=O)=O)cc1. The maximum atomic E-state index is 11.5.